The van der Waals surface area contributed by atoms with Crippen molar-refractivity contribution in [2.75, 3.05) is 33.8 Å². The Balaban J connectivity index is 0.00000220. The fourth-order valence-electron chi connectivity index (χ4n) is 2.65. The summed E-state index contributed by atoms with van der Waals surface area (Å²) in [6, 6.07) is 5.09. The first-order chi connectivity index (χ1) is 9.48. The molecule has 7 heteroatoms. The molecule has 1 aliphatic heterocycles. The Bertz CT molecular complexity index is 578. The van der Waals surface area contributed by atoms with Crippen LogP contribution in [0.2, 0.25) is 0 Å². The third kappa shape index (κ3) is 3.88. The standard InChI is InChI=1S/C14H22N2O3S.ClH/c1-11-8-13(19-3)4-5-14(11)20(17,18)16-7-6-12(10-16)9-15-2;/h4-5,8,12,15H,6-7,9-10H2,1-3H3;1H. The lowest BCUT2D eigenvalue weighted by atomic mass is 10.1. The molecule has 0 radical (unpaired) electrons. The van der Waals surface area contributed by atoms with Crippen LogP contribution in [0.25, 0.3) is 0 Å². The van der Waals surface area contributed by atoms with Crippen LogP contribution in [0.15, 0.2) is 23.1 Å². The average molecular weight is 335 g/mol. The van der Waals surface area contributed by atoms with Gasteiger partial charge in [-0.3, -0.25) is 0 Å². The highest BCUT2D eigenvalue weighted by Gasteiger charge is 2.32. The van der Waals surface area contributed by atoms with Gasteiger partial charge in [-0.1, -0.05) is 0 Å². The maximum absolute atomic E-state index is 12.7. The van der Waals surface area contributed by atoms with E-state index < -0.39 is 10.0 Å². The maximum atomic E-state index is 12.7. The van der Waals surface area contributed by atoms with Crippen molar-refractivity contribution >= 4 is 22.4 Å². The molecule has 5 nitrogen and oxygen atoms in total. The molecule has 0 spiro atoms. The van der Waals surface area contributed by atoms with Gasteiger partial charge in [0.15, 0.2) is 0 Å². The largest absolute Gasteiger partial charge is 0.497 e. The van der Waals surface area contributed by atoms with E-state index >= 15 is 0 Å². The third-order valence-corrected chi connectivity index (χ3v) is 5.77. The molecule has 0 saturated carbocycles. The van der Waals surface area contributed by atoms with Gasteiger partial charge < -0.3 is 10.1 Å². The summed E-state index contributed by atoms with van der Waals surface area (Å²) in [4.78, 5) is 0.378. The van der Waals surface area contributed by atoms with Crippen molar-refractivity contribution in [3.63, 3.8) is 0 Å². The van der Waals surface area contributed by atoms with E-state index in [0.29, 0.717) is 29.7 Å². The summed E-state index contributed by atoms with van der Waals surface area (Å²) in [5.74, 6) is 1.07. The van der Waals surface area contributed by atoms with E-state index in [4.69, 9.17) is 4.74 Å². The first-order valence-corrected chi connectivity index (χ1v) is 8.22. The van der Waals surface area contributed by atoms with E-state index in [1.165, 1.54) is 0 Å². The van der Waals surface area contributed by atoms with Crippen LogP contribution in [-0.4, -0.2) is 46.5 Å². The highest BCUT2D eigenvalue weighted by atomic mass is 35.5. The number of hydrogen-bond donors (Lipinski definition) is 1. The van der Waals surface area contributed by atoms with Crippen molar-refractivity contribution in [3.8, 4) is 5.75 Å². The number of aryl methyl sites for hydroxylation is 1. The number of rotatable bonds is 5. The Morgan fingerprint density at radius 2 is 2.14 bits per heavy atom. The minimum Gasteiger partial charge on any atom is -0.497 e. The van der Waals surface area contributed by atoms with Crippen LogP contribution in [0, 0.1) is 12.8 Å². The molecule has 1 aromatic rings. The molecule has 1 fully saturated rings. The van der Waals surface area contributed by atoms with Gasteiger partial charge in [0.1, 0.15) is 5.75 Å². The van der Waals surface area contributed by atoms with Crippen molar-refractivity contribution in [2.24, 2.45) is 5.92 Å². The van der Waals surface area contributed by atoms with E-state index in [-0.39, 0.29) is 12.4 Å². The summed E-state index contributed by atoms with van der Waals surface area (Å²) in [7, 11) is 0.0732. The molecule has 21 heavy (non-hydrogen) atoms. The number of nitrogens with zero attached hydrogens (tertiary/aromatic N) is 1. The van der Waals surface area contributed by atoms with E-state index in [1.807, 2.05) is 7.05 Å². The molecule has 1 aromatic carbocycles. The van der Waals surface area contributed by atoms with Gasteiger partial charge in [-0.05, 0) is 56.6 Å². The molecule has 0 aromatic heterocycles. The molecule has 1 aliphatic rings. The van der Waals surface area contributed by atoms with Gasteiger partial charge in [-0.25, -0.2) is 8.42 Å². The summed E-state index contributed by atoms with van der Waals surface area (Å²) in [6.07, 6.45) is 0.912. The van der Waals surface area contributed by atoms with Crippen LogP contribution in [0.5, 0.6) is 5.75 Å². The quantitative estimate of drug-likeness (QED) is 0.889. The normalized spacial score (nSPS) is 19.3. The SMILES string of the molecule is CNCC1CCN(S(=O)(=O)c2ccc(OC)cc2C)C1.Cl. The molecular formula is C14H23ClN2O3S. The van der Waals surface area contributed by atoms with Gasteiger partial charge in [-0.15, -0.1) is 12.4 Å². The van der Waals surface area contributed by atoms with Gasteiger partial charge in [0.2, 0.25) is 10.0 Å². The minimum atomic E-state index is -3.40. The maximum Gasteiger partial charge on any atom is 0.243 e. The Morgan fingerprint density at radius 1 is 1.43 bits per heavy atom. The van der Waals surface area contributed by atoms with E-state index in [2.05, 4.69) is 5.32 Å². The lowest BCUT2D eigenvalue weighted by molar-refractivity contribution is 0.413. The van der Waals surface area contributed by atoms with E-state index in [9.17, 15) is 8.42 Å². The lowest BCUT2D eigenvalue weighted by Crippen LogP contribution is -2.30. The second-order valence-corrected chi connectivity index (χ2v) is 7.11. The van der Waals surface area contributed by atoms with Crippen molar-refractivity contribution in [1.29, 1.82) is 0 Å². The van der Waals surface area contributed by atoms with E-state index in [0.717, 1.165) is 18.5 Å². The van der Waals surface area contributed by atoms with Gasteiger partial charge in [0.25, 0.3) is 0 Å². The van der Waals surface area contributed by atoms with Crippen LogP contribution in [0.4, 0.5) is 0 Å². The molecule has 120 valence electrons. The molecule has 1 saturated heterocycles. The first-order valence-electron chi connectivity index (χ1n) is 6.78. The molecule has 0 bridgehead atoms. The molecule has 0 amide bonds. The Labute approximate surface area is 133 Å². The minimum absolute atomic E-state index is 0. The number of ether oxygens (including phenoxy) is 1. The lowest BCUT2D eigenvalue weighted by Gasteiger charge is -2.18. The fraction of sp³-hybridized carbons (Fsp3) is 0.571. The summed E-state index contributed by atoms with van der Waals surface area (Å²) in [6.45, 7) is 3.85. The predicted octanol–water partition coefficient (Wildman–Crippen LogP) is 1.66. The highest BCUT2D eigenvalue weighted by Crippen LogP contribution is 2.27. The van der Waals surface area contributed by atoms with Crippen molar-refractivity contribution in [2.45, 2.75) is 18.2 Å². The number of hydrogen-bond acceptors (Lipinski definition) is 4. The summed E-state index contributed by atoms with van der Waals surface area (Å²) >= 11 is 0. The number of benzene rings is 1. The Kier molecular flexibility index (Phi) is 6.46. The number of methoxy groups -OCH3 is 1. The van der Waals surface area contributed by atoms with Crippen LogP contribution < -0.4 is 10.1 Å². The summed E-state index contributed by atoms with van der Waals surface area (Å²) in [5, 5.41) is 3.11. The van der Waals surface area contributed by atoms with Crippen molar-refractivity contribution in [1.82, 2.24) is 9.62 Å². The van der Waals surface area contributed by atoms with E-state index in [1.54, 1.807) is 36.5 Å². The molecule has 1 unspecified atom stereocenters. The second kappa shape index (κ2) is 7.45. The summed E-state index contributed by atoms with van der Waals surface area (Å²) < 4.78 is 32.0. The summed E-state index contributed by atoms with van der Waals surface area (Å²) in [5.41, 5.74) is 0.724. The van der Waals surface area contributed by atoms with Crippen LogP contribution in [0.3, 0.4) is 0 Å². The molecule has 1 N–H and O–H groups in total. The molecule has 1 atom stereocenters. The smallest absolute Gasteiger partial charge is 0.243 e. The van der Waals surface area contributed by atoms with Crippen LogP contribution >= 0.6 is 12.4 Å². The second-order valence-electron chi connectivity index (χ2n) is 5.21. The van der Waals surface area contributed by atoms with Crippen molar-refractivity contribution in [3.05, 3.63) is 23.8 Å². The molecule has 1 heterocycles. The molecule has 2 rings (SSSR count). The fourth-order valence-corrected chi connectivity index (χ4v) is 4.38. The zero-order valence-electron chi connectivity index (χ0n) is 12.6. The third-order valence-electron chi connectivity index (χ3n) is 3.74. The number of nitrogens with one attached hydrogen (secondary N) is 1. The number of sulfonamides is 1. The topological polar surface area (TPSA) is 58.6 Å². The average Bonchev–Trinajstić information content (AvgIpc) is 2.88. The Hall–Kier alpha value is -0.820. The Morgan fingerprint density at radius 3 is 2.71 bits per heavy atom. The van der Waals surface area contributed by atoms with Crippen LogP contribution in [0.1, 0.15) is 12.0 Å². The predicted molar refractivity (Wildman–Crippen MR) is 85.8 cm³/mol. The van der Waals surface area contributed by atoms with Crippen LogP contribution in [-0.2, 0) is 10.0 Å². The zero-order chi connectivity index (χ0) is 14.8. The van der Waals surface area contributed by atoms with Gasteiger partial charge in [0, 0.05) is 13.1 Å². The van der Waals surface area contributed by atoms with Gasteiger partial charge in [-0.2, -0.15) is 4.31 Å². The zero-order valence-corrected chi connectivity index (χ0v) is 14.3. The van der Waals surface area contributed by atoms with Crippen molar-refractivity contribution < 1.29 is 13.2 Å². The first kappa shape index (κ1) is 18.2. The van der Waals surface area contributed by atoms with Gasteiger partial charge in [0.05, 0.1) is 12.0 Å². The van der Waals surface area contributed by atoms with Gasteiger partial charge >= 0.3 is 0 Å². The molecular weight excluding hydrogens is 312 g/mol. The molecule has 0 aliphatic carbocycles. The monoisotopic (exact) mass is 334 g/mol. The number of halogens is 1. The highest BCUT2D eigenvalue weighted by molar-refractivity contribution is 7.89.